The monoisotopic (exact) mass is 231 g/mol. The van der Waals surface area contributed by atoms with E-state index >= 15 is 0 Å². The van der Waals surface area contributed by atoms with Gasteiger partial charge in [-0.25, -0.2) is 8.42 Å². The second kappa shape index (κ2) is 3.90. The molecule has 1 aliphatic heterocycles. The molecule has 0 spiro atoms. The highest BCUT2D eigenvalue weighted by Gasteiger charge is 2.34. The van der Waals surface area contributed by atoms with Crippen molar-refractivity contribution in [3.8, 4) is 0 Å². The number of sulfone groups is 1. The topological polar surface area (TPSA) is 99.1 Å². The van der Waals surface area contributed by atoms with Gasteiger partial charge in [0.15, 0.2) is 9.84 Å². The Morgan fingerprint density at radius 1 is 1.40 bits per heavy atom. The minimum absolute atomic E-state index is 0.139. The summed E-state index contributed by atoms with van der Waals surface area (Å²) >= 11 is 0. The Kier molecular flexibility index (Phi) is 2.74. The van der Waals surface area contributed by atoms with Gasteiger partial charge in [0.05, 0.1) is 12.3 Å². The second-order valence-corrected chi connectivity index (χ2v) is 5.89. The van der Waals surface area contributed by atoms with Gasteiger partial charge in [0.2, 0.25) is 11.8 Å². The molecule has 1 atom stereocenters. The van der Waals surface area contributed by atoms with Gasteiger partial charge in [-0.05, 0) is 12.8 Å². The number of hydrogen-bond acceptors (Lipinski definition) is 6. The minimum Gasteiger partial charge on any atom is -0.422 e. The fourth-order valence-corrected chi connectivity index (χ4v) is 3.53. The van der Waals surface area contributed by atoms with Crippen molar-refractivity contribution in [1.82, 2.24) is 10.2 Å². The average molecular weight is 231 g/mol. The Morgan fingerprint density at radius 3 is 2.80 bits per heavy atom. The lowest BCUT2D eigenvalue weighted by Crippen LogP contribution is -2.21. The maximum absolute atomic E-state index is 11.7. The Labute approximate surface area is 87.8 Å². The molecule has 0 aliphatic carbocycles. The summed E-state index contributed by atoms with van der Waals surface area (Å²) in [5.41, 5.74) is 5.31. The van der Waals surface area contributed by atoms with E-state index in [0.717, 1.165) is 12.8 Å². The molecule has 1 unspecified atom stereocenters. The van der Waals surface area contributed by atoms with Gasteiger partial charge < -0.3 is 10.2 Å². The fraction of sp³-hybridized carbons (Fsp3) is 0.750. The van der Waals surface area contributed by atoms with E-state index in [4.69, 9.17) is 10.2 Å². The van der Waals surface area contributed by atoms with Crippen molar-refractivity contribution >= 4 is 9.84 Å². The standard InChI is InChI=1S/C8H13N3O3S/c9-5-7-10-11-8(14-7)6-3-1-2-4-15(6,12)13/h6H,1-5,9H2. The molecule has 1 saturated heterocycles. The lowest BCUT2D eigenvalue weighted by atomic mass is 10.2. The summed E-state index contributed by atoms with van der Waals surface area (Å²) in [6, 6.07) is 0. The lowest BCUT2D eigenvalue weighted by Gasteiger charge is -2.18. The molecule has 0 amide bonds. The SMILES string of the molecule is NCc1nnc(C2CCCCS2(=O)=O)o1. The average Bonchev–Trinajstić information content (AvgIpc) is 2.65. The van der Waals surface area contributed by atoms with Crippen molar-refractivity contribution < 1.29 is 12.8 Å². The van der Waals surface area contributed by atoms with Crippen LogP contribution in [0, 0.1) is 0 Å². The quantitative estimate of drug-likeness (QED) is 0.778. The van der Waals surface area contributed by atoms with Crippen LogP contribution in [0.3, 0.4) is 0 Å². The number of nitrogens with zero attached hydrogens (tertiary/aromatic N) is 2. The van der Waals surface area contributed by atoms with Crippen LogP contribution in [-0.4, -0.2) is 24.4 Å². The number of aromatic nitrogens is 2. The van der Waals surface area contributed by atoms with Crippen LogP contribution in [0.2, 0.25) is 0 Å². The van der Waals surface area contributed by atoms with Gasteiger partial charge in [-0.1, -0.05) is 6.42 Å². The summed E-state index contributed by atoms with van der Waals surface area (Å²) < 4.78 is 28.6. The second-order valence-electron chi connectivity index (χ2n) is 3.59. The molecule has 7 heteroatoms. The molecular weight excluding hydrogens is 218 g/mol. The molecule has 84 valence electrons. The predicted octanol–water partition coefficient (Wildman–Crippen LogP) is 0.168. The summed E-state index contributed by atoms with van der Waals surface area (Å²) in [7, 11) is -3.11. The molecule has 0 saturated carbocycles. The highest BCUT2D eigenvalue weighted by molar-refractivity contribution is 7.91. The van der Waals surface area contributed by atoms with Crippen molar-refractivity contribution in [3.05, 3.63) is 11.8 Å². The van der Waals surface area contributed by atoms with Gasteiger partial charge in [0, 0.05) is 0 Å². The van der Waals surface area contributed by atoms with E-state index in [9.17, 15) is 8.42 Å². The van der Waals surface area contributed by atoms with E-state index in [1.165, 1.54) is 0 Å². The van der Waals surface area contributed by atoms with Crippen LogP contribution >= 0.6 is 0 Å². The van der Waals surface area contributed by atoms with Gasteiger partial charge in [0.1, 0.15) is 5.25 Å². The van der Waals surface area contributed by atoms with Gasteiger partial charge in [-0.15, -0.1) is 10.2 Å². The van der Waals surface area contributed by atoms with Crippen LogP contribution in [0.15, 0.2) is 4.42 Å². The maximum Gasteiger partial charge on any atom is 0.234 e. The van der Waals surface area contributed by atoms with Crippen molar-refractivity contribution in [3.63, 3.8) is 0 Å². The number of nitrogens with two attached hydrogens (primary N) is 1. The first-order valence-corrected chi connectivity index (χ1v) is 6.59. The molecule has 2 N–H and O–H groups in total. The normalized spacial score (nSPS) is 25.3. The van der Waals surface area contributed by atoms with E-state index in [-0.39, 0.29) is 24.1 Å². The van der Waals surface area contributed by atoms with E-state index in [2.05, 4.69) is 10.2 Å². The summed E-state index contributed by atoms with van der Waals surface area (Å²) in [4.78, 5) is 0. The van der Waals surface area contributed by atoms with Gasteiger partial charge in [0.25, 0.3) is 0 Å². The Bertz CT molecular complexity index is 440. The molecule has 15 heavy (non-hydrogen) atoms. The van der Waals surface area contributed by atoms with Crippen molar-refractivity contribution in [2.75, 3.05) is 5.75 Å². The maximum atomic E-state index is 11.7. The molecule has 6 nitrogen and oxygen atoms in total. The zero-order chi connectivity index (χ0) is 10.9. The van der Waals surface area contributed by atoms with E-state index in [1.54, 1.807) is 0 Å². The molecule has 2 heterocycles. The van der Waals surface area contributed by atoms with Crippen molar-refractivity contribution in [2.24, 2.45) is 5.73 Å². The first-order valence-electron chi connectivity index (χ1n) is 4.87. The zero-order valence-corrected chi connectivity index (χ0v) is 9.03. The van der Waals surface area contributed by atoms with Crippen molar-refractivity contribution in [1.29, 1.82) is 0 Å². The molecule has 1 aliphatic rings. The van der Waals surface area contributed by atoms with E-state index in [1.807, 2.05) is 0 Å². The third-order valence-electron chi connectivity index (χ3n) is 2.51. The largest absolute Gasteiger partial charge is 0.422 e. The zero-order valence-electron chi connectivity index (χ0n) is 8.22. The first-order chi connectivity index (χ1) is 7.13. The summed E-state index contributed by atoms with van der Waals surface area (Å²) in [5.74, 6) is 0.679. The Hall–Kier alpha value is -0.950. The third kappa shape index (κ3) is 2.03. The predicted molar refractivity (Wildman–Crippen MR) is 52.6 cm³/mol. The van der Waals surface area contributed by atoms with Gasteiger partial charge in [-0.3, -0.25) is 0 Å². The van der Waals surface area contributed by atoms with Crippen LogP contribution in [-0.2, 0) is 16.4 Å². The summed E-state index contributed by atoms with van der Waals surface area (Å²) in [6.45, 7) is 0.139. The number of rotatable bonds is 2. The van der Waals surface area contributed by atoms with E-state index in [0.29, 0.717) is 6.42 Å². The Balaban J connectivity index is 2.29. The Morgan fingerprint density at radius 2 is 2.20 bits per heavy atom. The molecule has 0 aromatic carbocycles. The molecule has 0 bridgehead atoms. The smallest absolute Gasteiger partial charge is 0.234 e. The van der Waals surface area contributed by atoms with Crippen molar-refractivity contribution in [2.45, 2.75) is 31.1 Å². The number of hydrogen-bond donors (Lipinski definition) is 1. The van der Waals surface area contributed by atoms with Crippen LogP contribution in [0.5, 0.6) is 0 Å². The minimum atomic E-state index is -3.11. The first kappa shape index (κ1) is 10.6. The molecule has 1 aromatic rings. The van der Waals surface area contributed by atoms with Gasteiger partial charge >= 0.3 is 0 Å². The van der Waals surface area contributed by atoms with Crippen LogP contribution < -0.4 is 5.73 Å². The van der Waals surface area contributed by atoms with Gasteiger partial charge in [-0.2, -0.15) is 0 Å². The molecular formula is C8H13N3O3S. The fourth-order valence-electron chi connectivity index (χ4n) is 1.71. The van der Waals surface area contributed by atoms with Crippen LogP contribution in [0.4, 0.5) is 0 Å². The third-order valence-corrected chi connectivity index (χ3v) is 4.67. The van der Waals surface area contributed by atoms with Crippen LogP contribution in [0.25, 0.3) is 0 Å². The highest BCUT2D eigenvalue weighted by Crippen LogP contribution is 2.32. The lowest BCUT2D eigenvalue weighted by molar-refractivity contribution is 0.424. The van der Waals surface area contributed by atoms with Crippen LogP contribution in [0.1, 0.15) is 36.3 Å². The van der Waals surface area contributed by atoms with E-state index < -0.39 is 15.1 Å². The molecule has 1 aromatic heterocycles. The summed E-state index contributed by atoms with van der Waals surface area (Å²) in [5, 5.41) is 6.77. The molecule has 2 rings (SSSR count). The summed E-state index contributed by atoms with van der Waals surface area (Å²) in [6.07, 6.45) is 2.16. The molecule has 1 fully saturated rings. The molecule has 0 radical (unpaired) electrons. The highest BCUT2D eigenvalue weighted by atomic mass is 32.2.